The van der Waals surface area contributed by atoms with Crippen molar-refractivity contribution >= 4 is 34.5 Å². The molecule has 0 aliphatic carbocycles. The third kappa shape index (κ3) is 3.27. The van der Waals surface area contributed by atoms with Gasteiger partial charge in [-0.15, -0.1) is 11.3 Å². The molecule has 0 bridgehead atoms. The molecule has 0 radical (unpaired) electrons. The SMILES string of the molecule is CC(N[C@H](C)c1cccs1)c1cc(Cl)ccc1Cl. The fraction of sp³-hybridized carbons (Fsp3) is 0.286. The van der Waals surface area contributed by atoms with Crippen LogP contribution in [0.2, 0.25) is 10.0 Å². The summed E-state index contributed by atoms with van der Waals surface area (Å²) in [6.45, 7) is 4.25. The molecule has 0 saturated carbocycles. The van der Waals surface area contributed by atoms with Gasteiger partial charge in [0.05, 0.1) is 0 Å². The van der Waals surface area contributed by atoms with E-state index in [0.29, 0.717) is 11.1 Å². The molecule has 1 N–H and O–H groups in total. The van der Waals surface area contributed by atoms with Crippen molar-refractivity contribution in [2.75, 3.05) is 0 Å². The molecule has 0 saturated heterocycles. The Balaban J connectivity index is 2.12. The molecule has 4 heteroatoms. The summed E-state index contributed by atoms with van der Waals surface area (Å²) >= 11 is 14.0. The van der Waals surface area contributed by atoms with Gasteiger partial charge in [-0.25, -0.2) is 0 Å². The first kappa shape index (κ1) is 13.9. The summed E-state index contributed by atoms with van der Waals surface area (Å²) in [6, 6.07) is 10.2. The molecule has 1 unspecified atom stereocenters. The summed E-state index contributed by atoms with van der Waals surface area (Å²) in [6.07, 6.45) is 0. The lowest BCUT2D eigenvalue weighted by Gasteiger charge is -2.20. The van der Waals surface area contributed by atoms with Crippen LogP contribution >= 0.6 is 34.5 Å². The zero-order valence-corrected chi connectivity index (χ0v) is 12.6. The van der Waals surface area contributed by atoms with Gasteiger partial charge in [0, 0.05) is 27.0 Å². The van der Waals surface area contributed by atoms with E-state index in [9.17, 15) is 0 Å². The number of nitrogens with one attached hydrogen (secondary N) is 1. The molecular formula is C14H15Cl2NS. The Morgan fingerprint density at radius 2 is 1.89 bits per heavy atom. The van der Waals surface area contributed by atoms with Crippen LogP contribution in [0.5, 0.6) is 0 Å². The number of rotatable bonds is 4. The van der Waals surface area contributed by atoms with Gasteiger partial charge in [0.2, 0.25) is 0 Å². The first-order valence-electron chi connectivity index (χ1n) is 5.82. The topological polar surface area (TPSA) is 12.0 Å². The van der Waals surface area contributed by atoms with Gasteiger partial charge in [-0.3, -0.25) is 0 Å². The summed E-state index contributed by atoms with van der Waals surface area (Å²) in [4.78, 5) is 1.32. The third-order valence-electron chi connectivity index (χ3n) is 2.89. The molecule has 0 aliphatic heterocycles. The maximum absolute atomic E-state index is 6.20. The van der Waals surface area contributed by atoms with E-state index in [2.05, 4.69) is 36.7 Å². The van der Waals surface area contributed by atoms with Gasteiger partial charge in [0.15, 0.2) is 0 Å². The van der Waals surface area contributed by atoms with Crippen molar-refractivity contribution in [2.45, 2.75) is 25.9 Å². The zero-order chi connectivity index (χ0) is 13.1. The highest BCUT2D eigenvalue weighted by Crippen LogP contribution is 2.28. The van der Waals surface area contributed by atoms with E-state index in [1.165, 1.54) is 4.88 Å². The number of thiophene rings is 1. The molecule has 1 aromatic carbocycles. The highest BCUT2D eigenvalue weighted by atomic mass is 35.5. The Morgan fingerprint density at radius 1 is 1.11 bits per heavy atom. The number of hydrogen-bond donors (Lipinski definition) is 1. The standard InChI is InChI=1S/C14H15Cl2NS/c1-9(12-8-11(15)5-6-13(12)16)17-10(2)14-4-3-7-18-14/h3-10,17H,1-2H3/t9?,10-/m1/s1. The molecule has 2 rings (SSSR count). The average Bonchev–Trinajstić information content (AvgIpc) is 2.85. The Morgan fingerprint density at radius 3 is 2.56 bits per heavy atom. The van der Waals surface area contributed by atoms with E-state index in [-0.39, 0.29) is 6.04 Å². The molecule has 18 heavy (non-hydrogen) atoms. The highest BCUT2D eigenvalue weighted by Gasteiger charge is 2.14. The van der Waals surface area contributed by atoms with Gasteiger partial charge < -0.3 is 5.32 Å². The summed E-state index contributed by atoms with van der Waals surface area (Å²) < 4.78 is 0. The Labute approximate surface area is 122 Å². The molecule has 0 spiro atoms. The number of hydrogen-bond acceptors (Lipinski definition) is 2. The second-order valence-corrected chi connectivity index (χ2v) is 6.11. The van der Waals surface area contributed by atoms with Crippen molar-refractivity contribution < 1.29 is 0 Å². The first-order chi connectivity index (χ1) is 8.58. The molecule has 2 aromatic rings. The molecule has 0 aliphatic rings. The lowest BCUT2D eigenvalue weighted by atomic mass is 10.1. The summed E-state index contributed by atoms with van der Waals surface area (Å²) in [5, 5.41) is 7.08. The monoisotopic (exact) mass is 299 g/mol. The quantitative estimate of drug-likeness (QED) is 0.789. The molecule has 1 aromatic heterocycles. The van der Waals surface area contributed by atoms with Crippen LogP contribution < -0.4 is 5.32 Å². The summed E-state index contributed by atoms with van der Waals surface area (Å²) in [5.74, 6) is 0. The van der Waals surface area contributed by atoms with Crippen molar-refractivity contribution in [1.82, 2.24) is 5.32 Å². The fourth-order valence-electron chi connectivity index (χ4n) is 1.93. The van der Waals surface area contributed by atoms with E-state index in [1.807, 2.05) is 18.2 Å². The van der Waals surface area contributed by atoms with Crippen molar-refractivity contribution in [3.63, 3.8) is 0 Å². The second kappa shape index (κ2) is 6.07. The van der Waals surface area contributed by atoms with Crippen LogP contribution in [0.15, 0.2) is 35.7 Å². The van der Waals surface area contributed by atoms with Crippen LogP contribution in [-0.4, -0.2) is 0 Å². The molecule has 0 amide bonds. The van der Waals surface area contributed by atoms with Gasteiger partial charge in [-0.1, -0.05) is 29.3 Å². The van der Waals surface area contributed by atoms with Crippen LogP contribution in [0.1, 0.15) is 36.4 Å². The van der Waals surface area contributed by atoms with Crippen LogP contribution in [0.25, 0.3) is 0 Å². The van der Waals surface area contributed by atoms with Crippen LogP contribution in [0.4, 0.5) is 0 Å². The molecule has 2 atom stereocenters. The molecular weight excluding hydrogens is 285 g/mol. The van der Waals surface area contributed by atoms with Crippen LogP contribution in [0.3, 0.4) is 0 Å². The molecule has 1 heterocycles. The minimum absolute atomic E-state index is 0.160. The third-order valence-corrected chi connectivity index (χ3v) is 4.53. The minimum atomic E-state index is 0.160. The van der Waals surface area contributed by atoms with Crippen LogP contribution in [-0.2, 0) is 0 Å². The van der Waals surface area contributed by atoms with Gasteiger partial charge in [0.25, 0.3) is 0 Å². The zero-order valence-electron chi connectivity index (χ0n) is 10.3. The lowest BCUT2D eigenvalue weighted by molar-refractivity contribution is 0.500. The predicted octanol–water partition coefficient (Wildman–Crippen LogP) is 5.47. The smallest absolute Gasteiger partial charge is 0.0454 e. The van der Waals surface area contributed by atoms with E-state index < -0.39 is 0 Å². The minimum Gasteiger partial charge on any atom is -0.303 e. The van der Waals surface area contributed by atoms with Gasteiger partial charge in [0.1, 0.15) is 0 Å². The normalized spacial score (nSPS) is 14.4. The summed E-state index contributed by atoms with van der Waals surface area (Å²) in [5.41, 5.74) is 1.03. The molecule has 0 fully saturated rings. The lowest BCUT2D eigenvalue weighted by Crippen LogP contribution is -2.22. The fourth-order valence-corrected chi connectivity index (χ4v) is 3.14. The molecule has 1 nitrogen and oxygen atoms in total. The highest BCUT2D eigenvalue weighted by molar-refractivity contribution is 7.10. The largest absolute Gasteiger partial charge is 0.303 e. The van der Waals surface area contributed by atoms with Gasteiger partial charge in [-0.2, -0.15) is 0 Å². The van der Waals surface area contributed by atoms with Crippen LogP contribution in [0, 0.1) is 0 Å². The molecule has 96 valence electrons. The predicted molar refractivity (Wildman–Crippen MR) is 80.7 cm³/mol. The number of benzene rings is 1. The maximum Gasteiger partial charge on any atom is 0.0454 e. The van der Waals surface area contributed by atoms with Crippen molar-refractivity contribution in [3.8, 4) is 0 Å². The van der Waals surface area contributed by atoms with Gasteiger partial charge in [-0.05, 0) is 49.1 Å². The van der Waals surface area contributed by atoms with Crippen molar-refractivity contribution in [1.29, 1.82) is 0 Å². The van der Waals surface area contributed by atoms with E-state index in [0.717, 1.165) is 10.6 Å². The Hall–Kier alpha value is -0.540. The average molecular weight is 300 g/mol. The summed E-state index contributed by atoms with van der Waals surface area (Å²) in [7, 11) is 0. The van der Waals surface area contributed by atoms with E-state index in [1.54, 1.807) is 11.3 Å². The van der Waals surface area contributed by atoms with Gasteiger partial charge >= 0.3 is 0 Å². The second-order valence-electron chi connectivity index (χ2n) is 4.29. The maximum atomic E-state index is 6.20. The Bertz CT molecular complexity index is 511. The number of halogens is 2. The van der Waals surface area contributed by atoms with E-state index in [4.69, 9.17) is 23.2 Å². The van der Waals surface area contributed by atoms with E-state index >= 15 is 0 Å². The Kier molecular flexibility index (Phi) is 4.68. The van der Waals surface area contributed by atoms with Crippen molar-refractivity contribution in [2.24, 2.45) is 0 Å². The first-order valence-corrected chi connectivity index (χ1v) is 7.46. The van der Waals surface area contributed by atoms with Crippen molar-refractivity contribution in [3.05, 3.63) is 56.2 Å².